The van der Waals surface area contributed by atoms with E-state index in [4.69, 9.17) is 19.3 Å². The van der Waals surface area contributed by atoms with Crippen molar-refractivity contribution in [2.45, 2.75) is 110 Å². The van der Waals surface area contributed by atoms with E-state index in [0.29, 0.717) is 39.6 Å². The molecule has 0 amide bonds. The molecule has 0 heterocycles. The Kier molecular flexibility index (Phi) is 28.7. The zero-order valence-electron chi connectivity index (χ0n) is 21.8. The Bertz CT molecular complexity index is 331. The van der Waals surface area contributed by atoms with Crippen LogP contribution in [0.1, 0.15) is 110 Å². The van der Waals surface area contributed by atoms with Crippen LogP contribution in [0.25, 0.3) is 0 Å². The van der Waals surface area contributed by atoms with Crippen molar-refractivity contribution in [3.8, 4) is 0 Å². The van der Waals surface area contributed by atoms with Crippen LogP contribution in [0.2, 0.25) is 0 Å². The second-order valence-corrected chi connectivity index (χ2v) is 9.17. The van der Waals surface area contributed by atoms with Crippen LogP contribution in [0.15, 0.2) is 0 Å². The van der Waals surface area contributed by atoms with Gasteiger partial charge in [-0.1, -0.05) is 103 Å². The monoisotopic (exact) mass is 459 g/mol. The van der Waals surface area contributed by atoms with Gasteiger partial charge in [-0.05, 0) is 13.5 Å². The topological polar surface area (TPSA) is 51.2 Å². The predicted molar refractivity (Wildman–Crippen MR) is 137 cm³/mol. The highest BCUT2D eigenvalue weighted by Gasteiger charge is 1.97. The number of rotatable bonds is 28. The van der Waals surface area contributed by atoms with Crippen molar-refractivity contribution in [1.29, 1.82) is 0 Å². The summed E-state index contributed by atoms with van der Waals surface area (Å²) in [5.41, 5.74) is 0. The number of ether oxygens (including phenoxy) is 3. The number of unbranched alkanes of at least 4 members (excludes halogenated alkanes) is 15. The Morgan fingerprint density at radius 3 is 1.28 bits per heavy atom. The van der Waals surface area contributed by atoms with Gasteiger partial charge < -0.3 is 24.2 Å². The van der Waals surface area contributed by atoms with Crippen molar-refractivity contribution in [3.05, 3.63) is 0 Å². The fourth-order valence-electron chi connectivity index (χ4n) is 3.80. The Balaban J connectivity index is 3.02. The molecule has 0 aromatic rings. The average Bonchev–Trinajstić information content (AvgIpc) is 2.79. The summed E-state index contributed by atoms with van der Waals surface area (Å²) in [7, 11) is 1.98. The smallest absolute Gasteiger partial charge is 0.0701 e. The highest BCUT2D eigenvalue weighted by Crippen LogP contribution is 2.13. The molecule has 0 rings (SSSR count). The molecule has 194 valence electrons. The predicted octanol–water partition coefficient (Wildman–Crippen LogP) is 6.22. The van der Waals surface area contributed by atoms with Gasteiger partial charge in [-0.3, -0.25) is 0 Å². The van der Waals surface area contributed by atoms with Crippen molar-refractivity contribution >= 4 is 0 Å². The van der Waals surface area contributed by atoms with Gasteiger partial charge in [0.2, 0.25) is 0 Å². The Hall–Kier alpha value is -0.200. The summed E-state index contributed by atoms with van der Waals surface area (Å²) < 4.78 is 16.7. The van der Waals surface area contributed by atoms with Crippen LogP contribution < -0.4 is 0 Å². The number of aliphatic hydroxyl groups excluding tert-OH is 1. The van der Waals surface area contributed by atoms with Gasteiger partial charge in [-0.2, -0.15) is 0 Å². The molecular weight excluding hydrogens is 402 g/mol. The number of hydrogen-bond donors (Lipinski definition) is 1. The van der Waals surface area contributed by atoms with E-state index in [2.05, 4.69) is 6.92 Å². The summed E-state index contributed by atoms with van der Waals surface area (Å²) in [6, 6.07) is 0. The Morgan fingerprint density at radius 2 is 0.844 bits per heavy atom. The SMILES string of the molecule is CCCCCCCCCCCCCCCCCCOCCOCCOCCN(C)CCO. The second kappa shape index (κ2) is 28.8. The van der Waals surface area contributed by atoms with Gasteiger partial charge in [0.25, 0.3) is 0 Å². The quantitative estimate of drug-likeness (QED) is 0.141. The maximum Gasteiger partial charge on any atom is 0.0701 e. The lowest BCUT2D eigenvalue weighted by molar-refractivity contribution is 0.0105. The van der Waals surface area contributed by atoms with Gasteiger partial charge >= 0.3 is 0 Å². The molecule has 0 atom stereocenters. The minimum absolute atomic E-state index is 0.194. The van der Waals surface area contributed by atoms with Crippen LogP contribution in [-0.4, -0.2) is 76.4 Å². The molecule has 0 bridgehead atoms. The number of aliphatic hydroxyl groups is 1. The van der Waals surface area contributed by atoms with Crippen LogP contribution in [0, 0.1) is 0 Å². The maximum absolute atomic E-state index is 8.81. The molecule has 0 spiro atoms. The third-order valence-corrected chi connectivity index (χ3v) is 5.99. The second-order valence-electron chi connectivity index (χ2n) is 9.17. The molecule has 0 aliphatic carbocycles. The van der Waals surface area contributed by atoms with E-state index in [1.165, 1.54) is 103 Å². The van der Waals surface area contributed by atoms with Crippen molar-refractivity contribution in [2.24, 2.45) is 0 Å². The van der Waals surface area contributed by atoms with E-state index in [1.54, 1.807) is 0 Å². The van der Waals surface area contributed by atoms with E-state index in [-0.39, 0.29) is 6.61 Å². The van der Waals surface area contributed by atoms with Gasteiger partial charge in [-0.15, -0.1) is 0 Å². The lowest BCUT2D eigenvalue weighted by Gasteiger charge is -2.14. The van der Waals surface area contributed by atoms with Crippen LogP contribution in [0.5, 0.6) is 0 Å². The highest BCUT2D eigenvalue weighted by molar-refractivity contribution is 4.50. The van der Waals surface area contributed by atoms with E-state index >= 15 is 0 Å². The van der Waals surface area contributed by atoms with Crippen LogP contribution in [-0.2, 0) is 14.2 Å². The van der Waals surface area contributed by atoms with Crippen molar-refractivity contribution in [1.82, 2.24) is 4.90 Å². The molecule has 0 saturated heterocycles. The zero-order valence-corrected chi connectivity index (χ0v) is 21.8. The van der Waals surface area contributed by atoms with Gasteiger partial charge in [0.05, 0.1) is 39.6 Å². The number of hydrogen-bond acceptors (Lipinski definition) is 5. The summed E-state index contributed by atoms with van der Waals surface area (Å²) in [4.78, 5) is 2.05. The van der Waals surface area contributed by atoms with E-state index < -0.39 is 0 Å². The molecule has 0 saturated carbocycles. The molecule has 32 heavy (non-hydrogen) atoms. The van der Waals surface area contributed by atoms with Gasteiger partial charge in [0, 0.05) is 19.7 Å². The van der Waals surface area contributed by atoms with Crippen molar-refractivity contribution < 1.29 is 19.3 Å². The Labute approximate surface area is 200 Å². The average molecular weight is 460 g/mol. The summed E-state index contributed by atoms with van der Waals surface area (Å²) in [5, 5.41) is 8.81. The third kappa shape index (κ3) is 27.8. The first kappa shape index (κ1) is 31.8. The number of likely N-dealkylation sites (N-methyl/N-ethyl adjacent to an activating group) is 1. The van der Waals surface area contributed by atoms with Gasteiger partial charge in [-0.25, -0.2) is 0 Å². The van der Waals surface area contributed by atoms with Crippen molar-refractivity contribution in [2.75, 3.05) is 66.4 Å². The zero-order chi connectivity index (χ0) is 23.4. The molecule has 0 aromatic carbocycles. The normalized spacial score (nSPS) is 11.6. The Morgan fingerprint density at radius 1 is 0.469 bits per heavy atom. The molecule has 0 unspecified atom stereocenters. The molecule has 0 radical (unpaired) electrons. The molecule has 0 aliphatic heterocycles. The highest BCUT2D eigenvalue weighted by atomic mass is 16.5. The summed E-state index contributed by atoms with van der Waals surface area (Å²) in [6.07, 6.45) is 22.4. The van der Waals surface area contributed by atoms with E-state index in [1.807, 2.05) is 11.9 Å². The van der Waals surface area contributed by atoms with Gasteiger partial charge in [0.15, 0.2) is 0 Å². The van der Waals surface area contributed by atoms with E-state index in [0.717, 1.165) is 13.2 Å². The molecule has 0 aromatic heterocycles. The van der Waals surface area contributed by atoms with E-state index in [9.17, 15) is 0 Å². The minimum atomic E-state index is 0.194. The lowest BCUT2D eigenvalue weighted by Crippen LogP contribution is -2.26. The molecule has 5 nitrogen and oxygen atoms in total. The molecular formula is C27H57NO4. The first-order valence-corrected chi connectivity index (χ1v) is 13.8. The molecule has 5 heteroatoms. The standard InChI is InChI=1S/C27H57NO4/c1-3-4-5-6-7-8-9-10-11-12-13-14-15-16-17-18-22-30-24-26-32-27-25-31-23-20-28(2)19-21-29/h29H,3-27H2,1-2H3. The van der Waals surface area contributed by atoms with Crippen molar-refractivity contribution in [3.63, 3.8) is 0 Å². The fourth-order valence-corrected chi connectivity index (χ4v) is 3.80. The molecule has 0 aliphatic rings. The summed E-state index contributed by atoms with van der Waals surface area (Å²) in [5.74, 6) is 0. The number of nitrogens with zero attached hydrogens (tertiary/aromatic N) is 1. The van der Waals surface area contributed by atoms with Crippen LogP contribution >= 0.6 is 0 Å². The van der Waals surface area contributed by atoms with Gasteiger partial charge in [0.1, 0.15) is 0 Å². The molecule has 1 N–H and O–H groups in total. The molecule has 0 fully saturated rings. The third-order valence-electron chi connectivity index (χ3n) is 5.99. The maximum atomic E-state index is 8.81. The lowest BCUT2D eigenvalue weighted by atomic mass is 10.0. The first-order valence-electron chi connectivity index (χ1n) is 13.8. The first-order chi connectivity index (χ1) is 15.8. The summed E-state index contributed by atoms with van der Waals surface area (Å²) in [6.45, 7) is 8.10. The van der Waals surface area contributed by atoms with Crippen LogP contribution in [0.3, 0.4) is 0 Å². The van der Waals surface area contributed by atoms with Crippen LogP contribution in [0.4, 0.5) is 0 Å². The summed E-state index contributed by atoms with van der Waals surface area (Å²) >= 11 is 0. The minimum Gasteiger partial charge on any atom is -0.395 e. The largest absolute Gasteiger partial charge is 0.395 e. The fraction of sp³-hybridized carbons (Fsp3) is 1.00.